The Morgan fingerprint density at radius 3 is 2.94 bits per heavy atom. The number of carboxylic acids is 1. The molecule has 18 heavy (non-hydrogen) atoms. The van der Waals surface area contributed by atoms with E-state index in [1.807, 2.05) is 0 Å². The molecule has 0 bridgehead atoms. The molecule has 0 saturated carbocycles. The molecule has 0 unspecified atom stereocenters. The quantitative estimate of drug-likeness (QED) is 0.754. The molecule has 0 spiro atoms. The van der Waals surface area contributed by atoms with Gasteiger partial charge in [-0.2, -0.15) is 0 Å². The Morgan fingerprint density at radius 1 is 1.33 bits per heavy atom. The van der Waals surface area contributed by atoms with Crippen LogP contribution in [0.5, 0.6) is 0 Å². The van der Waals surface area contributed by atoms with Gasteiger partial charge in [0.25, 0.3) is 0 Å². The zero-order valence-electron chi connectivity index (χ0n) is 9.18. The van der Waals surface area contributed by atoms with Crippen molar-refractivity contribution in [3.8, 4) is 0 Å². The van der Waals surface area contributed by atoms with E-state index in [1.165, 1.54) is 12.1 Å². The Balaban J connectivity index is 2.36. The van der Waals surface area contributed by atoms with Gasteiger partial charge in [-0.05, 0) is 29.0 Å². The Labute approximate surface area is 101 Å². The molecule has 0 aliphatic rings. The van der Waals surface area contributed by atoms with E-state index in [-0.39, 0.29) is 12.2 Å². The second kappa shape index (κ2) is 3.80. The smallest absolute Gasteiger partial charge is 0.309 e. The van der Waals surface area contributed by atoms with E-state index >= 15 is 0 Å². The topological polar surface area (TPSA) is 63.3 Å². The van der Waals surface area contributed by atoms with Gasteiger partial charge in [-0.15, -0.1) is 0 Å². The third kappa shape index (κ3) is 1.60. The molecule has 3 aromatic rings. The van der Waals surface area contributed by atoms with E-state index in [0.717, 1.165) is 5.39 Å². The number of aliphatic carboxylic acids is 1. The SMILES string of the molecule is O=C(O)Cc1noc2ccc3cc(F)ccc3c12. The molecule has 0 saturated heterocycles. The number of benzene rings is 2. The molecular weight excluding hydrogens is 237 g/mol. The lowest BCUT2D eigenvalue weighted by Gasteiger charge is -1.99. The summed E-state index contributed by atoms with van der Waals surface area (Å²) >= 11 is 0. The van der Waals surface area contributed by atoms with Crippen LogP contribution in [0.4, 0.5) is 4.39 Å². The first-order valence-electron chi connectivity index (χ1n) is 5.33. The molecule has 5 heteroatoms. The van der Waals surface area contributed by atoms with Gasteiger partial charge in [-0.25, -0.2) is 4.39 Å². The summed E-state index contributed by atoms with van der Waals surface area (Å²) in [4.78, 5) is 10.8. The molecular formula is C13H8FNO3. The molecule has 1 N–H and O–H groups in total. The molecule has 0 amide bonds. The van der Waals surface area contributed by atoms with Crippen molar-refractivity contribution < 1.29 is 18.8 Å². The molecule has 0 fully saturated rings. The van der Waals surface area contributed by atoms with Crippen molar-refractivity contribution in [2.24, 2.45) is 0 Å². The summed E-state index contributed by atoms with van der Waals surface area (Å²) < 4.78 is 18.2. The van der Waals surface area contributed by atoms with Crippen LogP contribution in [0, 0.1) is 5.82 Å². The molecule has 2 aromatic carbocycles. The standard InChI is InChI=1S/C13H8FNO3/c14-8-2-3-9-7(5-8)1-4-11-13(9)10(15-18-11)6-12(16)17/h1-5H,6H2,(H,16,17). The van der Waals surface area contributed by atoms with Gasteiger partial charge in [0.15, 0.2) is 5.58 Å². The van der Waals surface area contributed by atoms with Crippen molar-refractivity contribution in [2.75, 3.05) is 0 Å². The molecule has 0 radical (unpaired) electrons. The molecule has 0 atom stereocenters. The zero-order valence-corrected chi connectivity index (χ0v) is 9.18. The highest BCUT2D eigenvalue weighted by molar-refractivity contribution is 6.07. The van der Waals surface area contributed by atoms with Crippen molar-refractivity contribution in [3.05, 3.63) is 41.8 Å². The normalized spacial score (nSPS) is 11.2. The predicted octanol–water partition coefficient (Wildman–Crippen LogP) is 2.75. The number of hydrogen-bond donors (Lipinski definition) is 1. The lowest BCUT2D eigenvalue weighted by molar-refractivity contribution is -0.136. The average molecular weight is 245 g/mol. The first kappa shape index (κ1) is 10.7. The maximum absolute atomic E-state index is 13.1. The summed E-state index contributed by atoms with van der Waals surface area (Å²) in [5, 5.41) is 14.6. The molecule has 4 nitrogen and oxygen atoms in total. The van der Waals surface area contributed by atoms with Crippen molar-refractivity contribution in [1.29, 1.82) is 0 Å². The van der Waals surface area contributed by atoms with Crippen LogP contribution in [0.25, 0.3) is 21.7 Å². The van der Waals surface area contributed by atoms with Gasteiger partial charge >= 0.3 is 5.97 Å². The summed E-state index contributed by atoms with van der Waals surface area (Å²) in [6.07, 6.45) is -0.219. The summed E-state index contributed by atoms with van der Waals surface area (Å²) in [5.74, 6) is -1.32. The number of rotatable bonds is 2. The van der Waals surface area contributed by atoms with Gasteiger partial charge in [0, 0.05) is 0 Å². The van der Waals surface area contributed by atoms with Gasteiger partial charge in [-0.1, -0.05) is 17.3 Å². The maximum atomic E-state index is 13.1. The van der Waals surface area contributed by atoms with Crippen molar-refractivity contribution >= 4 is 27.7 Å². The molecule has 0 aliphatic heterocycles. The van der Waals surface area contributed by atoms with E-state index in [9.17, 15) is 9.18 Å². The number of nitrogens with zero attached hydrogens (tertiary/aromatic N) is 1. The Kier molecular flexibility index (Phi) is 2.26. The Hall–Kier alpha value is -2.43. The second-order valence-corrected chi connectivity index (χ2v) is 4.00. The van der Waals surface area contributed by atoms with E-state index in [4.69, 9.17) is 9.63 Å². The Morgan fingerprint density at radius 2 is 2.17 bits per heavy atom. The Bertz CT molecular complexity index is 763. The first-order valence-corrected chi connectivity index (χ1v) is 5.33. The monoisotopic (exact) mass is 245 g/mol. The van der Waals surface area contributed by atoms with Crippen LogP contribution >= 0.6 is 0 Å². The van der Waals surface area contributed by atoms with Crippen LogP contribution in [0.15, 0.2) is 34.9 Å². The minimum Gasteiger partial charge on any atom is -0.481 e. The third-order valence-electron chi connectivity index (χ3n) is 2.81. The molecule has 3 rings (SSSR count). The lowest BCUT2D eigenvalue weighted by Crippen LogP contribution is -2.00. The average Bonchev–Trinajstić information content (AvgIpc) is 2.71. The van der Waals surface area contributed by atoms with E-state index < -0.39 is 5.97 Å². The molecule has 90 valence electrons. The van der Waals surface area contributed by atoms with Crippen LogP contribution in [-0.2, 0) is 11.2 Å². The number of hydrogen-bond acceptors (Lipinski definition) is 3. The van der Waals surface area contributed by atoms with Crippen molar-refractivity contribution in [3.63, 3.8) is 0 Å². The van der Waals surface area contributed by atoms with Crippen LogP contribution < -0.4 is 0 Å². The van der Waals surface area contributed by atoms with Gasteiger partial charge in [0.05, 0.1) is 11.8 Å². The fourth-order valence-corrected chi connectivity index (χ4v) is 2.07. The molecule has 1 heterocycles. The minimum absolute atomic E-state index is 0.219. The van der Waals surface area contributed by atoms with Crippen molar-refractivity contribution in [2.45, 2.75) is 6.42 Å². The lowest BCUT2D eigenvalue weighted by atomic mass is 10.0. The highest BCUT2D eigenvalue weighted by atomic mass is 19.1. The predicted molar refractivity (Wildman–Crippen MR) is 62.8 cm³/mol. The number of carbonyl (C=O) groups is 1. The zero-order chi connectivity index (χ0) is 12.7. The number of halogens is 1. The summed E-state index contributed by atoms with van der Waals surface area (Å²) in [6.45, 7) is 0. The number of aromatic nitrogens is 1. The van der Waals surface area contributed by atoms with E-state index in [0.29, 0.717) is 22.0 Å². The maximum Gasteiger partial charge on any atom is 0.309 e. The highest BCUT2D eigenvalue weighted by Crippen LogP contribution is 2.28. The first-order chi connectivity index (χ1) is 8.65. The largest absolute Gasteiger partial charge is 0.481 e. The van der Waals surface area contributed by atoms with Crippen molar-refractivity contribution in [1.82, 2.24) is 5.16 Å². The van der Waals surface area contributed by atoms with Crippen LogP contribution in [0.2, 0.25) is 0 Å². The van der Waals surface area contributed by atoms with Crippen LogP contribution in [-0.4, -0.2) is 16.2 Å². The van der Waals surface area contributed by atoms with E-state index in [1.54, 1.807) is 18.2 Å². The van der Waals surface area contributed by atoms with E-state index in [2.05, 4.69) is 5.16 Å². The highest BCUT2D eigenvalue weighted by Gasteiger charge is 2.14. The van der Waals surface area contributed by atoms with Crippen LogP contribution in [0.1, 0.15) is 5.69 Å². The molecule has 1 aromatic heterocycles. The van der Waals surface area contributed by atoms with Gasteiger partial charge in [0.1, 0.15) is 11.5 Å². The number of carboxylic acid groups (broad SMARTS) is 1. The van der Waals surface area contributed by atoms with Gasteiger partial charge < -0.3 is 9.63 Å². The molecule has 0 aliphatic carbocycles. The summed E-state index contributed by atoms with van der Waals surface area (Å²) in [6, 6.07) is 7.72. The third-order valence-corrected chi connectivity index (χ3v) is 2.81. The second-order valence-electron chi connectivity index (χ2n) is 4.00. The fraction of sp³-hybridized carbons (Fsp3) is 0.0769. The van der Waals surface area contributed by atoms with Gasteiger partial charge in [0.2, 0.25) is 0 Å². The summed E-state index contributed by atoms with van der Waals surface area (Å²) in [7, 11) is 0. The minimum atomic E-state index is -0.982. The van der Waals surface area contributed by atoms with Gasteiger partial charge in [-0.3, -0.25) is 4.79 Å². The summed E-state index contributed by atoms with van der Waals surface area (Å²) in [5.41, 5.74) is 0.861. The number of fused-ring (bicyclic) bond motifs is 3. The van der Waals surface area contributed by atoms with Crippen LogP contribution in [0.3, 0.4) is 0 Å². The fourth-order valence-electron chi connectivity index (χ4n) is 2.07.